The summed E-state index contributed by atoms with van der Waals surface area (Å²) in [6.07, 6.45) is 0. The van der Waals surface area contributed by atoms with E-state index in [1.165, 1.54) is 65.2 Å². The van der Waals surface area contributed by atoms with Crippen molar-refractivity contribution in [2.24, 2.45) is 0 Å². The molecule has 0 amide bonds. The zero-order valence-corrected chi connectivity index (χ0v) is 35.2. The Morgan fingerprint density at radius 2 is 0.500 bits per heavy atom. The number of hydrogen-bond acceptors (Lipinski definition) is 0. The fourth-order valence-corrected chi connectivity index (χ4v) is 11.5. The second-order valence-electron chi connectivity index (χ2n) is 15.5. The van der Waals surface area contributed by atoms with Crippen LogP contribution in [0.15, 0.2) is 203 Å². The highest BCUT2D eigenvalue weighted by molar-refractivity contribution is 9.11. The molecule has 0 unspecified atom stereocenters. The van der Waals surface area contributed by atoms with Crippen LogP contribution in [0.1, 0.15) is 0 Å². The van der Waals surface area contributed by atoms with Crippen molar-refractivity contribution in [3.63, 3.8) is 0 Å². The number of para-hydroxylation sites is 6. The molecule has 13 rings (SSSR count). The Morgan fingerprint density at radius 3 is 0.850 bits per heavy atom. The predicted octanol–water partition coefficient (Wildman–Crippen LogP) is 15.6. The minimum absolute atomic E-state index is 0.995. The minimum atomic E-state index is 0.995. The summed E-state index contributed by atoms with van der Waals surface area (Å²) >= 11 is 8.15. The van der Waals surface area contributed by atoms with Crippen LogP contribution < -0.4 is 0 Å². The van der Waals surface area contributed by atoms with Gasteiger partial charge in [0.15, 0.2) is 0 Å². The van der Waals surface area contributed by atoms with Crippen LogP contribution in [-0.2, 0) is 0 Å². The quantitative estimate of drug-likeness (QED) is 0.168. The molecule has 4 heterocycles. The maximum Gasteiger partial charge on any atom is 0.0625 e. The van der Waals surface area contributed by atoms with Gasteiger partial charge in [0.1, 0.15) is 0 Å². The Kier molecular flexibility index (Phi) is 7.27. The molecule has 0 aliphatic carbocycles. The summed E-state index contributed by atoms with van der Waals surface area (Å²) in [7, 11) is 0. The summed E-state index contributed by atoms with van der Waals surface area (Å²) in [6, 6.07) is 70.7. The third-order valence-electron chi connectivity index (χ3n) is 12.5. The largest absolute Gasteiger partial charge is 0.309 e. The number of fused-ring (bicyclic) bond motifs is 12. The van der Waals surface area contributed by atoms with Crippen molar-refractivity contribution < 1.29 is 0 Å². The van der Waals surface area contributed by atoms with Gasteiger partial charge in [0, 0.05) is 52.0 Å². The van der Waals surface area contributed by atoms with Gasteiger partial charge in [-0.1, -0.05) is 121 Å². The first-order valence-corrected chi connectivity index (χ1v) is 21.8. The van der Waals surface area contributed by atoms with Crippen LogP contribution in [0.25, 0.3) is 110 Å². The van der Waals surface area contributed by atoms with Crippen molar-refractivity contribution in [1.82, 2.24) is 18.3 Å². The number of aromatic nitrogens is 4. The molecule has 0 saturated heterocycles. The van der Waals surface area contributed by atoms with E-state index in [1.807, 2.05) is 0 Å². The Hall–Kier alpha value is -6.86. The van der Waals surface area contributed by atoms with E-state index in [4.69, 9.17) is 0 Å². The third kappa shape index (κ3) is 4.60. The number of rotatable bonds is 4. The van der Waals surface area contributed by atoms with E-state index in [0.717, 1.165) is 53.8 Å². The third-order valence-corrected chi connectivity index (χ3v) is 13.8. The highest BCUT2D eigenvalue weighted by Crippen LogP contribution is 2.45. The van der Waals surface area contributed by atoms with E-state index in [9.17, 15) is 0 Å². The van der Waals surface area contributed by atoms with Crippen molar-refractivity contribution in [2.45, 2.75) is 0 Å². The second kappa shape index (κ2) is 12.8. The van der Waals surface area contributed by atoms with E-state index in [2.05, 4.69) is 244 Å². The molecule has 282 valence electrons. The standard InChI is InChI=1S/C54H32Br2N4/c55-39-31-40(56)52(60-46-26-12-6-20-38(46)54-48(28-14-30-50(54)60)58-43-23-9-3-17-35(43)36-18-4-10-24-44(36)58)32-51(39)59-45-25-11-5-19-37(45)53-47(27-13-29-49(53)59)57-41-21-7-1-15-33(41)34-16-2-8-22-42(34)57/h1-32H. The molecule has 0 fully saturated rings. The van der Waals surface area contributed by atoms with Gasteiger partial charge in [-0.05, 0) is 105 Å². The molecule has 4 aromatic heterocycles. The summed E-state index contributed by atoms with van der Waals surface area (Å²) in [5.74, 6) is 0. The lowest BCUT2D eigenvalue weighted by Gasteiger charge is -2.17. The molecule has 0 bridgehead atoms. The fraction of sp³-hybridized carbons (Fsp3) is 0. The van der Waals surface area contributed by atoms with E-state index in [1.54, 1.807) is 0 Å². The lowest BCUT2D eigenvalue weighted by atomic mass is 10.1. The first kappa shape index (κ1) is 34.0. The average molecular weight is 897 g/mol. The molecule has 6 heteroatoms. The van der Waals surface area contributed by atoms with Crippen LogP contribution in [0.3, 0.4) is 0 Å². The van der Waals surface area contributed by atoms with Crippen LogP contribution >= 0.6 is 31.9 Å². The predicted molar refractivity (Wildman–Crippen MR) is 259 cm³/mol. The average Bonchev–Trinajstić information content (AvgIpc) is 4.02. The molecule has 0 spiro atoms. The molecule has 0 aliphatic rings. The molecule has 0 N–H and O–H groups in total. The van der Waals surface area contributed by atoms with E-state index < -0.39 is 0 Å². The molecular formula is C54H32Br2N4. The number of nitrogens with zero attached hydrogens (tertiary/aromatic N) is 4. The smallest absolute Gasteiger partial charge is 0.0625 e. The van der Waals surface area contributed by atoms with Crippen LogP contribution in [0.5, 0.6) is 0 Å². The lowest BCUT2D eigenvalue weighted by molar-refractivity contribution is 1.11. The molecule has 60 heavy (non-hydrogen) atoms. The number of halogens is 2. The molecule has 0 radical (unpaired) electrons. The van der Waals surface area contributed by atoms with E-state index in [0.29, 0.717) is 0 Å². The van der Waals surface area contributed by atoms with Gasteiger partial charge in [0.25, 0.3) is 0 Å². The minimum Gasteiger partial charge on any atom is -0.309 e. The van der Waals surface area contributed by atoms with Gasteiger partial charge in [0.05, 0.1) is 66.9 Å². The highest BCUT2D eigenvalue weighted by Gasteiger charge is 2.24. The normalized spacial score (nSPS) is 12.2. The van der Waals surface area contributed by atoms with Crippen LogP contribution in [0.2, 0.25) is 0 Å². The number of benzene rings is 9. The van der Waals surface area contributed by atoms with Gasteiger partial charge < -0.3 is 18.3 Å². The molecule has 9 aromatic carbocycles. The van der Waals surface area contributed by atoms with E-state index in [-0.39, 0.29) is 0 Å². The molecule has 13 aromatic rings. The van der Waals surface area contributed by atoms with Crippen molar-refractivity contribution in [1.29, 1.82) is 0 Å². The topological polar surface area (TPSA) is 19.7 Å². The molecule has 4 nitrogen and oxygen atoms in total. The van der Waals surface area contributed by atoms with Gasteiger partial charge in [-0.3, -0.25) is 0 Å². The van der Waals surface area contributed by atoms with Gasteiger partial charge in [0.2, 0.25) is 0 Å². The Bertz CT molecular complexity index is 3570. The Balaban J connectivity index is 1.10. The molecule has 0 atom stereocenters. The van der Waals surface area contributed by atoms with Crippen molar-refractivity contribution in [2.75, 3.05) is 0 Å². The van der Waals surface area contributed by atoms with E-state index >= 15 is 0 Å². The monoisotopic (exact) mass is 894 g/mol. The first-order chi connectivity index (χ1) is 29.7. The molecule has 0 aliphatic heterocycles. The summed E-state index contributed by atoms with van der Waals surface area (Å²) < 4.78 is 11.7. The van der Waals surface area contributed by atoms with Crippen LogP contribution in [-0.4, -0.2) is 18.3 Å². The Morgan fingerprint density at radius 1 is 0.233 bits per heavy atom. The van der Waals surface area contributed by atoms with Gasteiger partial charge in [-0.2, -0.15) is 0 Å². The SMILES string of the molecule is Brc1cc(Br)c(-n2c3ccccc3c3c(-n4c5ccccc5c5ccccc54)cccc32)cc1-n1c2ccccc2c2c(-n3c4ccccc4c4ccccc43)cccc21. The first-order valence-electron chi connectivity index (χ1n) is 20.2. The lowest BCUT2D eigenvalue weighted by Crippen LogP contribution is -2.02. The summed E-state index contributed by atoms with van der Waals surface area (Å²) in [5.41, 5.74) is 13.8. The summed E-state index contributed by atoms with van der Waals surface area (Å²) in [6.45, 7) is 0. The fourth-order valence-electron chi connectivity index (χ4n) is 10.1. The molecular weight excluding hydrogens is 864 g/mol. The van der Waals surface area contributed by atoms with Gasteiger partial charge in [-0.15, -0.1) is 0 Å². The van der Waals surface area contributed by atoms with Gasteiger partial charge >= 0.3 is 0 Å². The van der Waals surface area contributed by atoms with Crippen molar-refractivity contribution in [3.8, 4) is 22.7 Å². The van der Waals surface area contributed by atoms with Gasteiger partial charge in [-0.25, -0.2) is 0 Å². The van der Waals surface area contributed by atoms with Crippen LogP contribution in [0, 0.1) is 0 Å². The number of hydrogen-bond donors (Lipinski definition) is 0. The second-order valence-corrected chi connectivity index (χ2v) is 17.3. The summed E-state index contributed by atoms with van der Waals surface area (Å²) in [4.78, 5) is 0. The van der Waals surface area contributed by atoms with Crippen molar-refractivity contribution >= 4 is 119 Å². The maximum atomic E-state index is 4.07. The zero-order chi connectivity index (χ0) is 39.6. The zero-order valence-electron chi connectivity index (χ0n) is 32.0. The molecule has 0 saturated carbocycles. The Labute approximate surface area is 361 Å². The summed E-state index contributed by atoms with van der Waals surface area (Å²) in [5, 5.41) is 9.84. The highest BCUT2D eigenvalue weighted by atomic mass is 79.9. The maximum absolute atomic E-state index is 4.07. The van der Waals surface area contributed by atoms with Crippen LogP contribution in [0.4, 0.5) is 0 Å². The van der Waals surface area contributed by atoms with Crippen molar-refractivity contribution in [3.05, 3.63) is 203 Å².